The average Bonchev–Trinajstić information content (AvgIpc) is 2.28. The molecule has 0 aliphatic heterocycles. The van der Waals surface area contributed by atoms with E-state index in [0.717, 1.165) is 25.8 Å². The Bertz CT molecular complexity index is 401. The van der Waals surface area contributed by atoms with Crippen molar-refractivity contribution in [2.45, 2.75) is 45.1 Å². The van der Waals surface area contributed by atoms with E-state index in [1.807, 2.05) is 0 Å². The minimum atomic E-state index is 0.000182. The molecule has 0 saturated heterocycles. The Morgan fingerprint density at radius 2 is 2.00 bits per heavy atom. The van der Waals surface area contributed by atoms with Gasteiger partial charge in [-0.05, 0) is 48.4 Å². The monoisotopic (exact) mass is 235 g/mol. The van der Waals surface area contributed by atoms with Crippen molar-refractivity contribution < 1.29 is 10.2 Å². The molecule has 94 valence electrons. The average molecular weight is 235 g/mol. The van der Waals surface area contributed by atoms with Crippen LogP contribution in [-0.4, -0.2) is 22.8 Å². The number of fused-ring (bicyclic) bond motifs is 1. The largest absolute Gasteiger partial charge is 0.504 e. The van der Waals surface area contributed by atoms with Crippen LogP contribution in [0, 0.1) is 0 Å². The zero-order valence-electron chi connectivity index (χ0n) is 10.5. The Hall–Kier alpha value is -1.22. The molecule has 0 bridgehead atoms. The van der Waals surface area contributed by atoms with Crippen molar-refractivity contribution >= 4 is 0 Å². The maximum absolute atomic E-state index is 9.60. The first-order valence-corrected chi connectivity index (χ1v) is 6.36. The normalized spacial score (nSPS) is 19.4. The van der Waals surface area contributed by atoms with Crippen LogP contribution in [-0.2, 0) is 6.42 Å². The lowest BCUT2D eigenvalue weighted by Crippen LogP contribution is -2.29. The van der Waals surface area contributed by atoms with Gasteiger partial charge in [0.05, 0.1) is 0 Å². The van der Waals surface area contributed by atoms with E-state index in [1.165, 1.54) is 11.1 Å². The minimum absolute atomic E-state index is 0.000182. The Kier molecular flexibility index (Phi) is 3.57. The van der Waals surface area contributed by atoms with Crippen LogP contribution in [0.25, 0.3) is 0 Å². The maximum atomic E-state index is 9.60. The molecule has 0 saturated carbocycles. The zero-order chi connectivity index (χ0) is 12.4. The predicted octanol–water partition coefficient (Wildman–Crippen LogP) is 2.52. The number of phenolic OH excluding ortho intramolecular Hbond substituents is 2. The first-order chi connectivity index (χ1) is 8.08. The van der Waals surface area contributed by atoms with Gasteiger partial charge in [-0.15, -0.1) is 0 Å². The molecule has 1 aromatic rings. The van der Waals surface area contributed by atoms with Gasteiger partial charge in [0.15, 0.2) is 11.5 Å². The van der Waals surface area contributed by atoms with Gasteiger partial charge in [0.1, 0.15) is 0 Å². The lowest BCUT2D eigenvalue weighted by Gasteiger charge is -2.27. The van der Waals surface area contributed by atoms with Gasteiger partial charge in [-0.2, -0.15) is 0 Å². The highest BCUT2D eigenvalue weighted by atomic mass is 16.3. The number of nitrogens with one attached hydrogen (secondary N) is 1. The SMILES string of the molecule is CC(C)NC[C@@H]1CCCc2cc(O)c(O)cc21. The van der Waals surface area contributed by atoms with Gasteiger partial charge in [-0.1, -0.05) is 13.8 Å². The highest BCUT2D eigenvalue weighted by Gasteiger charge is 2.22. The summed E-state index contributed by atoms with van der Waals surface area (Å²) >= 11 is 0. The van der Waals surface area contributed by atoms with E-state index in [0.29, 0.717) is 12.0 Å². The summed E-state index contributed by atoms with van der Waals surface area (Å²) in [5, 5.41) is 22.6. The quantitative estimate of drug-likeness (QED) is 0.706. The summed E-state index contributed by atoms with van der Waals surface area (Å²) in [6, 6.07) is 3.92. The third-order valence-electron chi connectivity index (χ3n) is 3.45. The minimum Gasteiger partial charge on any atom is -0.504 e. The summed E-state index contributed by atoms with van der Waals surface area (Å²) < 4.78 is 0. The number of hydrogen-bond donors (Lipinski definition) is 3. The Morgan fingerprint density at radius 1 is 1.29 bits per heavy atom. The second-order valence-corrected chi connectivity index (χ2v) is 5.19. The second kappa shape index (κ2) is 4.96. The first-order valence-electron chi connectivity index (χ1n) is 6.36. The molecule has 1 aliphatic carbocycles. The lowest BCUT2D eigenvalue weighted by atomic mass is 9.82. The van der Waals surface area contributed by atoms with E-state index < -0.39 is 0 Å². The van der Waals surface area contributed by atoms with Gasteiger partial charge in [0.2, 0.25) is 0 Å². The van der Waals surface area contributed by atoms with Crippen LogP contribution in [0.5, 0.6) is 11.5 Å². The second-order valence-electron chi connectivity index (χ2n) is 5.19. The molecule has 0 aromatic heterocycles. The van der Waals surface area contributed by atoms with Crippen molar-refractivity contribution in [3.63, 3.8) is 0 Å². The maximum Gasteiger partial charge on any atom is 0.157 e. The lowest BCUT2D eigenvalue weighted by molar-refractivity contribution is 0.398. The first kappa shape index (κ1) is 12.2. The van der Waals surface area contributed by atoms with Crippen molar-refractivity contribution in [1.29, 1.82) is 0 Å². The van der Waals surface area contributed by atoms with Crippen molar-refractivity contribution in [3.05, 3.63) is 23.3 Å². The number of hydrogen-bond acceptors (Lipinski definition) is 3. The number of phenols is 2. The van der Waals surface area contributed by atoms with Crippen molar-refractivity contribution in [3.8, 4) is 11.5 Å². The molecule has 17 heavy (non-hydrogen) atoms. The summed E-state index contributed by atoms with van der Waals surface area (Å²) in [6.45, 7) is 5.21. The van der Waals surface area contributed by atoms with E-state index in [-0.39, 0.29) is 11.5 Å². The van der Waals surface area contributed by atoms with Crippen LogP contribution in [0.15, 0.2) is 12.1 Å². The van der Waals surface area contributed by atoms with Gasteiger partial charge in [0.25, 0.3) is 0 Å². The summed E-state index contributed by atoms with van der Waals surface area (Å²) in [6.07, 6.45) is 3.31. The molecule has 3 nitrogen and oxygen atoms in total. The molecule has 0 heterocycles. The number of aromatic hydroxyl groups is 2. The van der Waals surface area contributed by atoms with Gasteiger partial charge >= 0.3 is 0 Å². The van der Waals surface area contributed by atoms with Crippen molar-refractivity contribution in [1.82, 2.24) is 5.32 Å². The van der Waals surface area contributed by atoms with Gasteiger partial charge in [0, 0.05) is 12.6 Å². The van der Waals surface area contributed by atoms with Gasteiger partial charge in [-0.3, -0.25) is 0 Å². The van der Waals surface area contributed by atoms with Crippen LogP contribution in [0.3, 0.4) is 0 Å². The topological polar surface area (TPSA) is 52.5 Å². The van der Waals surface area contributed by atoms with Crippen LogP contribution < -0.4 is 5.32 Å². The molecule has 0 unspecified atom stereocenters. The summed E-state index contributed by atoms with van der Waals surface area (Å²) in [7, 11) is 0. The molecule has 2 rings (SSSR count). The van der Waals surface area contributed by atoms with Crippen LogP contribution in [0.1, 0.15) is 43.7 Å². The molecule has 0 radical (unpaired) electrons. The number of benzene rings is 1. The molecule has 1 aliphatic rings. The predicted molar refractivity (Wildman–Crippen MR) is 68.6 cm³/mol. The summed E-state index contributed by atoms with van der Waals surface area (Å²) in [5.74, 6) is 0.453. The van der Waals surface area contributed by atoms with Crippen LogP contribution in [0.2, 0.25) is 0 Å². The molecule has 0 amide bonds. The van der Waals surface area contributed by atoms with Crippen molar-refractivity contribution in [2.75, 3.05) is 6.54 Å². The van der Waals surface area contributed by atoms with Crippen LogP contribution in [0.4, 0.5) is 0 Å². The van der Waals surface area contributed by atoms with Crippen LogP contribution >= 0.6 is 0 Å². The molecule has 0 fully saturated rings. The standard InChI is InChI=1S/C14H21NO2/c1-9(2)15-8-11-5-3-4-10-6-13(16)14(17)7-12(10)11/h6-7,9,11,15-17H,3-5,8H2,1-2H3/t11-/m0/s1. The molecule has 3 heteroatoms. The van der Waals surface area contributed by atoms with Gasteiger partial charge in [-0.25, -0.2) is 0 Å². The molecular weight excluding hydrogens is 214 g/mol. The Balaban J connectivity index is 2.21. The van der Waals surface area contributed by atoms with E-state index in [9.17, 15) is 10.2 Å². The van der Waals surface area contributed by atoms with E-state index >= 15 is 0 Å². The number of rotatable bonds is 3. The third-order valence-corrected chi connectivity index (χ3v) is 3.45. The highest BCUT2D eigenvalue weighted by Crippen LogP contribution is 2.37. The molecular formula is C14H21NO2. The number of aryl methyl sites for hydroxylation is 1. The van der Waals surface area contributed by atoms with Gasteiger partial charge < -0.3 is 15.5 Å². The molecule has 0 spiro atoms. The Labute approximate surface area is 102 Å². The molecule has 1 aromatic carbocycles. The van der Waals surface area contributed by atoms with E-state index in [1.54, 1.807) is 12.1 Å². The smallest absolute Gasteiger partial charge is 0.157 e. The fourth-order valence-electron chi connectivity index (χ4n) is 2.52. The summed E-state index contributed by atoms with van der Waals surface area (Å²) in [5.41, 5.74) is 2.38. The fraction of sp³-hybridized carbons (Fsp3) is 0.571. The fourth-order valence-corrected chi connectivity index (χ4v) is 2.52. The van der Waals surface area contributed by atoms with Crippen molar-refractivity contribution in [2.24, 2.45) is 0 Å². The molecule has 1 atom stereocenters. The van der Waals surface area contributed by atoms with E-state index in [4.69, 9.17) is 0 Å². The zero-order valence-corrected chi connectivity index (χ0v) is 10.5. The van der Waals surface area contributed by atoms with E-state index in [2.05, 4.69) is 19.2 Å². The summed E-state index contributed by atoms with van der Waals surface area (Å²) in [4.78, 5) is 0. The Morgan fingerprint density at radius 3 is 2.71 bits per heavy atom. The third kappa shape index (κ3) is 2.72. The molecule has 3 N–H and O–H groups in total. The highest BCUT2D eigenvalue weighted by molar-refractivity contribution is 5.47.